The second-order valence-electron chi connectivity index (χ2n) is 11.4. The van der Waals surface area contributed by atoms with Gasteiger partial charge >= 0.3 is 12.2 Å². The first-order valence-corrected chi connectivity index (χ1v) is 13.0. The van der Waals surface area contributed by atoms with Crippen LogP contribution in [0.2, 0.25) is 0 Å². The highest BCUT2D eigenvalue weighted by molar-refractivity contribution is 6.09. The number of imide groups is 1. The molecule has 12 heteroatoms. The lowest BCUT2D eigenvalue weighted by atomic mass is 10.0. The van der Waals surface area contributed by atoms with Gasteiger partial charge < -0.3 is 9.47 Å². The molecule has 2 amide bonds. The SMILES string of the molecule is CC(C)(C)OC(=O)N(C(=O)OC(C)(C)C)c1nc2ccc(-c3cncc(C(=N)NO)c3)cc2c(=O)n1-c1ccccc1. The number of aromatic nitrogens is 3. The zero-order valence-electron chi connectivity index (χ0n) is 24.1. The first-order chi connectivity index (χ1) is 19.7. The van der Waals surface area contributed by atoms with Crippen LogP contribution >= 0.6 is 0 Å². The third-order valence-electron chi connectivity index (χ3n) is 5.69. The second-order valence-corrected chi connectivity index (χ2v) is 11.4. The third-order valence-corrected chi connectivity index (χ3v) is 5.69. The molecule has 4 rings (SSSR count). The minimum atomic E-state index is -1.06. The van der Waals surface area contributed by atoms with Crippen LogP contribution in [0.5, 0.6) is 0 Å². The van der Waals surface area contributed by atoms with Crippen LogP contribution < -0.4 is 15.9 Å². The summed E-state index contributed by atoms with van der Waals surface area (Å²) >= 11 is 0. The zero-order chi connectivity index (χ0) is 30.8. The molecule has 0 fully saturated rings. The first-order valence-electron chi connectivity index (χ1n) is 13.0. The molecule has 0 aliphatic rings. The number of amides is 2. The van der Waals surface area contributed by atoms with Crippen molar-refractivity contribution in [3.8, 4) is 16.8 Å². The molecule has 0 saturated carbocycles. The number of fused-ring (bicyclic) bond motifs is 1. The van der Waals surface area contributed by atoms with E-state index in [1.165, 1.54) is 6.20 Å². The summed E-state index contributed by atoms with van der Waals surface area (Å²) in [6.45, 7) is 9.91. The van der Waals surface area contributed by atoms with Crippen molar-refractivity contribution in [2.45, 2.75) is 52.7 Å². The molecule has 0 atom stereocenters. The lowest BCUT2D eigenvalue weighted by molar-refractivity contribution is 0.0426. The summed E-state index contributed by atoms with van der Waals surface area (Å²) in [6, 6.07) is 15.0. The number of para-hydroxylation sites is 1. The number of pyridine rings is 1. The van der Waals surface area contributed by atoms with Crippen molar-refractivity contribution in [2.24, 2.45) is 0 Å². The highest BCUT2D eigenvalue weighted by Gasteiger charge is 2.36. The smallest absolute Gasteiger partial charge is 0.427 e. The molecule has 2 aromatic carbocycles. The number of nitrogens with one attached hydrogen (secondary N) is 2. The Labute approximate surface area is 242 Å². The number of rotatable bonds is 4. The van der Waals surface area contributed by atoms with E-state index in [1.54, 1.807) is 108 Å². The van der Waals surface area contributed by atoms with Gasteiger partial charge in [0.1, 0.15) is 11.2 Å². The van der Waals surface area contributed by atoms with Crippen LogP contribution in [-0.4, -0.2) is 49.0 Å². The largest absolute Gasteiger partial charge is 0.443 e. The van der Waals surface area contributed by atoms with E-state index in [9.17, 15) is 14.4 Å². The van der Waals surface area contributed by atoms with Gasteiger partial charge in [-0.25, -0.2) is 19.1 Å². The maximum Gasteiger partial charge on any atom is 0.427 e. The Balaban J connectivity index is 1.99. The molecule has 0 aliphatic carbocycles. The third kappa shape index (κ3) is 6.61. The number of carbonyl (C=O) groups is 2. The van der Waals surface area contributed by atoms with E-state index in [1.807, 2.05) is 0 Å². The monoisotopic (exact) mass is 572 g/mol. The quantitative estimate of drug-likeness (QED) is 0.165. The molecule has 0 aliphatic heterocycles. The molecule has 42 heavy (non-hydrogen) atoms. The molecule has 0 spiro atoms. The van der Waals surface area contributed by atoms with Crippen LogP contribution in [0.25, 0.3) is 27.7 Å². The lowest BCUT2D eigenvalue weighted by Crippen LogP contribution is -2.46. The maximum absolute atomic E-state index is 14.2. The number of amidine groups is 1. The molecule has 0 saturated heterocycles. The fraction of sp³-hybridized carbons (Fsp3) is 0.267. The molecular weight excluding hydrogens is 540 g/mol. The van der Waals surface area contributed by atoms with Crippen LogP contribution in [0.1, 0.15) is 47.1 Å². The van der Waals surface area contributed by atoms with Crippen molar-refractivity contribution >= 4 is 34.9 Å². The van der Waals surface area contributed by atoms with Crippen LogP contribution in [0.3, 0.4) is 0 Å². The Morgan fingerprint density at radius 1 is 0.905 bits per heavy atom. The predicted octanol–water partition coefficient (Wildman–Crippen LogP) is 5.43. The van der Waals surface area contributed by atoms with Crippen molar-refractivity contribution < 1.29 is 24.3 Å². The molecule has 2 aromatic heterocycles. The van der Waals surface area contributed by atoms with E-state index in [2.05, 4.69) is 9.97 Å². The average Bonchev–Trinajstić information content (AvgIpc) is 2.91. The van der Waals surface area contributed by atoms with Gasteiger partial charge in [-0.2, -0.15) is 0 Å². The fourth-order valence-electron chi connectivity index (χ4n) is 3.97. The van der Waals surface area contributed by atoms with Crippen molar-refractivity contribution in [2.75, 3.05) is 4.90 Å². The first kappa shape index (κ1) is 29.9. The second kappa shape index (κ2) is 11.4. The number of anilines is 1. The Morgan fingerprint density at radius 3 is 2.10 bits per heavy atom. The van der Waals surface area contributed by atoms with E-state index in [4.69, 9.17) is 20.1 Å². The van der Waals surface area contributed by atoms with E-state index in [0.29, 0.717) is 27.3 Å². The summed E-state index contributed by atoms with van der Waals surface area (Å²) in [7, 11) is 0. The molecule has 0 unspecified atom stereocenters. The zero-order valence-corrected chi connectivity index (χ0v) is 24.1. The van der Waals surface area contributed by atoms with Crippen molar-refractivity contribution in [1.82, 2.24) is 20.0 Å². The van der Waals surface area contributed by atoms with E-state index in [0.717, 1.165) is 4.57 Å². The highest BCUT2D eigenvalue weighted by Crippen LogP contribution is 2.27. The fourth-order valence-corrected chi connectivity index (χ4v) is 3.97. The number of nitrogens with zero attached hydrogens (tertiary/aromatic N) is 4. The van der Waals surface area contributed by atoms with E-state index < -0.39 is 28.9 Å². The van der Waals surface area contributed by atoms with Gasteiger partial charge in [0.05, 0.1) is 16.6 Å². The van der Waals surface area contributed by atoms with Gasteiger partial charge in [-0.1, -0.05) is 24.3 Å². The number of hydrogen-bond acceptors (Lipinski definition) is 9. The average molecular weight is 573 g/mol. The molecule has 2 heterocycles. The standard InChI is InChI=1S/C30H32N6O6/c1-29(2,3)41-27(38)36(28(39)42-30(4,5)6)26-33-23-13-12-18(19-14-20(17-32-16-19)24(31)34-40)15-22(23)25(37)35(26)21-10-8-7-9-11-21/h7-17,40H,1-6H3,(H2,31,34). The Kier molecular flexibility index (Phi) is 8.12. The summed E-state index contributed by atoms with van der Waals surface area (Å²) in [4.78, 5) is 50.5. The van der Waals surface area contributed by atoms with Crippen LogP contribution in [-0.2, 0) is 9.47 Å². The van der Waals surface area contributed by atoms with Crippen LogP contribution in [0, 0.1) is 5.41 Å². The highest BCUT2D eigenvalue weighted by atomic mass is 16.6. The Hall–Kier alpha value is -5.10. The van der Waals surface area contributed by atoms with Crippen molar-refractivity contribution in [3.63, 3.8) is 0 Å². The van der Waals surface area contributed by atoms with Gasteiger partial charge in [-0.05, 0) is 77.4 Å². The van der Waals surface area contributed by atoms with Gasteiger partial charge in [0.2, 0.25) is 5.95 Å². The molecule has 0 bridgehead atoms. The van der Waals surface area contributed by atoms with Gasteiger partial charge in [0, 0.05) is 23.5 Å². The van der Waals surface area contributed by atoms with Gasteiger partial charge in [-0.15, -0.1) is 4.90 Å². The van der Waals surface area contributed by atoms with Crippen LogP contribution in [0.15, 0.2) is 71.8 Å². The topological polar surface area (TPSA) is 160 Å². The Bertz CT molecular complexity index is 1690. The van der Waals surface area contributed by atoms with Gasteiger partial charge in [-0.3, -0.25) is 25.9 Å². The predicted molar refractivity (Wildman–Crippen MR) is 157 cm³/mol. The molecule has 3 N–H and O–H groups in total. The minimum absolute atomic E-state index is 0.189. The summed E-state index contributed by atoms with van der Waals surface area (Å²) in [5, 5.41) is 17.1. The minimum Gasteiger partial charge on any atom is -0.443 e. The Morgan fingerprint density at radius 2 is 1.52 bits per heavy atom. The van der Waals surface area contributed by atoms with Crippen LogP contribution in [0.4, 0.5) is 15.5 Å². The molecule has 0 radical (unpaired) electrons. The molecule has 218 valence electrons. The number of ether oxygens (including phenoxy) is 2. The van der Waals surface area contributed by atoms with Crippen molar-refractivity contribution in [3.05, 3.63) is 82.9 Å². The number of hydroxylamine groups is 1. The van der Waals surface area contributed by atoms with Crippen molar-refractivity contribution in [1.29, 1.82) is 5.41 Å². The summed E-state index contributed by atoms with van der Waals surface area (Å²) < 4.78 is 12.2. The molecule has 12 nitrogen and oxygen atoms in total. The summed E-state index contributed by atoms with van der Waals surface area (Å²) in [6.07, 6.45) is 0.840. The lowest BCUT2D eigenvalue weighted by Gasteiger charge is -2.29. The maximum atomic E-state index is 14.2. The number of carbonyl (C=O) groups excluding carboxylic acids is 2. The molecular formula is C30H32N6O6. The van der Waals surface area contributed by atoms with E-state index in [-0.39, 0.29) is 22.7 Å². The molecule has 4 aromatic rings. The van der Waals surface area contributed by atoms with E-state index >= 15 is 0 Å². The summed E-state index contributed by atoms with van der Waals surface area (Å²) in [5.74, 6) is -0.548. The number of benzene rings is 2. The number of hydrogen-bond donors (Lipinski definition) is 3. The summed E-state index contributed by atoms with van der Waals surface area (Å²) in [5.41, 5.74) is 1.34. The van der Waals surface area contributed by atoms with Gasteiger partial charge in [0.15, 0.2) is 5.84 Å². The van der Waals surface area contributed by atoms with Gasteiger partial charge in [0.25, 0.3) is 5.56 Å². The normalized spacial score (nSPS) is 11.6.